The van der Waals surface area contributed by atoms with Crippen LogP contribution in [0.3, 0.4) is 0 Å². The van der Waals surface area contributed by atoms with Crippen LogP contribution in [0, 0.1) is 6.92 Å². The zero-order chi connectivity index (χ0) is 20.4. The average molecular weight is 426 g/mol. The van der Waals surface area contributed by atoms with Crippen LogP contribution in [0.15, 0.2) is 58.5 Å². The molecule has 0 aliphatic rings. The Morgan fingerprint density at radius 3 is 2.72 bits per heavy atom. The maximum absolute atomic E-state index is 12.3. The third kappa shape index (κ3) is 4.10. The summed E-state index contributed by atoms with van der Waals surface area (Å²) in [5.41, 5.74) is 2.71. The minimum absolute atomic E-state index is 0.0268. The van der Waals surface area contributed by atoms with Crippen molar-refractivity contribution >= 4 is 44.9 Å². The Labute approximate surface area is 175 Å². The summed E-state index contributed by atoms with van der Waals surface area (Å²) in [7, 11) is 1.84. The maximum atomic E-state index is 12.3. The summed E-state index contributed by atoms with van der Waals surface area (Å²) in [6, 6.07) is 15.3. The second-order valence-corrected chi connectivity index (χ2v) is 8.47. The van der Waals surface area contributed by atoms with E-state index in [0.717, 1.165) is 21.5 Å². The van der Waals surface area contributed by atoms with E-state index < -0.39 is 0 Å². The van der Waals surface area contributed by atoms with E-state index in [2.05, 4.69) is 15.5 Å². The van der Waals surface area contributed by atoms with Gasteiger partial charge < -0.3 is 9.88 Å². The highest BCUT2D eigenvalue weighted by Gasteiger charge is 2.15. The zero-order valence-electron chi connectivity index (χ0n) is 16.0. The van der Waals surface area contributed by atoms with Crippen molar-refractivity contribution in [1.82, 2.24) is 19.3 Å². The second kappa shape index (κ2) is 8.22. The number of fused-ring (bicyclic) bond motifs is 1. The monoisotopic (exact) mass is 425 g/mol. The van der Waals surface area contributed by atoms with Crippen LogP contribution in [0.4, 0.5) is 5.69 Å². The number of carbonyl (C=O) groups excluding carboxylic acids is 1. The number of rotatable bonds is 6. The summed E-state index contributed by atoms with van der Waals surface area (Å²) in [6.45, 7) is 2.29. The van der Waals surface area contributed by atoms with Crippen molar-refractivity contribution in [1.29, 1.82) is 0 Å². The summed E-state index contributed by atoms with van der Waals surface area (Å²) in [5, 5.41) is 11.9. The molecule has 0 radical (unpaired) electrons. The standard InChI is InChI=1S/C20H19N5O2S2/c1-13-7-3-4-8-14(13)21-18(26)12-28-19-23-22-17(24(19)2)11-25-15-9-5-6-10-16(15)29-20(25)27/h3-10H,11-12H2,1-2H3,(H,21,26). The lowest BCUT2D eigenvalue weighted by Gasteiger charge is -2.08. The molecule has 0 saturated carbocycles. The molecule has 0 atom stereocenters. The van der Waals surface area contributed by atoms with Crippen LogP contribution in [0.2, 0.25) is 0 Å². The lowest BCUT2D eigenvalue weighted by molar-refractivity contribution is -0.113. The third-order valence-electron chi connectivity index (χ3n) is 4.55. The molecule has 0 spiro atoms. The number of para-hydroxylation sites is 2. The van der Waals surface area contributed by atoms with E-state index in [-0.39, 0.29) is 16.5 Å². The Morgan fingerprint density at radius 2 is 1.90 bits per heavy atom. The molecule has 148 valence electrons. The topological polar surface area (TPSA) is 81.8 Å². The van der Waals surface area contributed by atoms with Crippen LogP contribution in [-0.2, 0) is 18.4 Å². The summed E-state index contributed by atoms with van der Waals surface area (Å²) in [4.78, 5) is 24.6. The quantitative estimate of drug-likeness (QED) is 0.480. The van der Waals surface area contributed by atoms with Gasteiger partial charge in [0.25, 0.3) is 0 Å². The Balaban J connectivity index is 1.45. The van der Waals surface area contributed by atoms with Gasteiger partial charge in [0, 0.05) is 12.7 Å². The van der Waals surface area contributed by atoms with Gasteiger partial charge in [-0.05, 0) is 30.7 Å². The molecule has 9 heteroatoms. The number of nitrogens with zero attached hydrogens (tertiary/aromatic N) is 4. The van der Waals surface area contributed by atoms with Gasteiger partial charge in [0.05, 0.1) is 22.5 Å². The van der Waals surface area contributed by atoms with Crippen LogP contribution in [0.1, 0.15) is 11.4 Å². The Morgan fingerprint density at radius 1 is 1.14 bits per heavy atom. The van der Waals surface area contributed by atoms with Crippen molar-refractivity contribution in [3.05, 3.63) is 69.6 Å². The highest BCUT2D eigenvalue weighted by atomic mass is 32.2. The lowest BCUT2D eigenvalue weighted by atomic mass is 10.2. The van der Waals surface area contributed by atoms with Crippen molar-refractivity contribution in [3.8, 4) is 0 Å². The number of hydrogen-bond donors (Lipinski definition) is 1. The lowest BCUT2D eigenvalue weighted by Crippen LogP contribution is -2.17. The van der Waals surface area contributed by atoms with Gasteiger partial charge in [-0.3, -0.25) is 14.2 Å². The van der Waals surface area contributed by atoms with E-state index in [0.29, 0.717) is 17.5 Å². The van der Waals surface area contributed by atoms with Crippen molar-refractivity contribution < 1.29 is 4.79 Å². The molecule has 0 unspecified atom stereocenters. The average Bonchev–Trinajstić information content (AvgIpc) is 3.22. The minimum atomic E-state index is -0.103. The van der Waals surface area contributed by atoms with E-state index in [1.54, 1.807) is 4.57 Å². The van der Waals surface area contributed by atoms with Gasteiger partial charge in [-0.15, -0.1) is 10.2 Å². The van der Waals surface area contributed by atoms with E-state index in [1.165, 1.54) is 23.1 Å². The summed E-state index contributed by atoms with van der Waals surface area (Å²) in [5.74, 6) is 0.785. The Kier molecular flexibility index (Phi) is 5.50. The van der Waals surface area contributed by atoms with Gasteiger partial charge in [0.2, 0.25) is 5.91 Å². The molecule has 0 aliphatic heterocycles. The van der Waals surface area contributed by atoms with Crippen LogP contribution < -0.4 is 10.2 Å². The molecule has 2 aromatic heterocycles. The molecular weight excluding hydrogens is 406 g/mol. The van der Waals surface area contributed by atoms with E-state index in [1.807, 2.05) is 67.1 Å². The van der Waals surface area contributed by atoms with Crippen LogP contribution >= 0.6 is 23.1 Å². The highest BCUT2D eigenvalue weighted by molar-refractivity contribution is 7.99. The van der Waals surface area contributed by atoms with E-state index in [4.69, 9.17) is 0 Å². The molecule has 0 bridgehead atoms. The predicted molar refractivity (Wildman–Crippen MR) is 117 cm³/mol. The number of thioether (sulfide) groups is 1. The molecule has 4 aromatic rings. The van der Waals surface area contributed by atoms with Gasteiger partial charge in [0.1, 0.15) is 0 Å². The van der Waals surface area contributed by atoms with E-state index >= 15 is 0 Å². The van der Waals surface area contributed by atoms with Gasteiger partial charge in [-0.25, -0.2) is 0 Å². The van der Waals surface area contributed by atoms with Crippen LogP contribution in [0.5, 0.6) is 0 Å². The number of benzene rings is 2. The number of aromatic nitrogens is 4. The second-order valence-electron chi connectivity index (χ2n) is 6.53. The number of aryl methyl sites for hydroxylation is 1. The molecule has 29 heavy (non-hydrogen) atoms. The van der Waals surface area contributed by atoms with Crippen LogP contribution in [0.25, 0.3) is 10.2 Å². The number of anilines is 1. The molecule has 7 nitrogen and oxygen atoms in total. The van der Waals surface area contributed by atoms with Crippen molar-refractivity contribution in [3.63, 3.8) is 0 Å². The smallest absolute Gasteiger partial charge is 0.308 e. The summed E-state index contributed by atoms with van der Waals surface area (Å²) in [6.07, 6.45) is 0. The summed E-state index contributed by atoms with van der Waals surface area (Å²) >= 11 is 2.53. The Hall–Kier alpha value is -2.91. The van der Waals surface area contributed by atoms with E-state index in [9.17, 15) is 9.59 Å². The molecule has 2 aromatic carbocycles. The van der Waals surface area contributed by atoms with Gasteiger partial charge in [-0.1, -0.05) is 53.4 Å². The molecule has 0 fully saturated rings. The Bertz CT molecular complexity index is 1240. The maximum Gasteiger partial charge on any atom is 0.308 e. The molecule has 0 aliphatic carbocycles. The number of amides is 1. The largest absolute Gasteiger partial charge is 0.325 e. The van der Waals surface area contributed by atoms with Gasteiger partial charge >= 0.3 is 4.87 Å². The number of nitrogens with one attached hydrogen (secondary N) is 1. The molecule has 1 amide bonds. The zero-order valence-corrected chi connectivity index (χ0v) is 17.6. The molecule has 0 saturated heterocycles. The van der Waals surface area contributed by atoms with Crippen molar-refractivity contribution in [2.75, 3.05) is 11.1 Å². The predicted octanol–water partition coefficient (Wildman–Crippen LogP) is 3.28. The first-order chi connectivity index (χ1) is 14.0. The first kappa shape index (κ1) is 19.4. The van der Waals surface area contributed by atoms with Gasteiger partial charge in [-0.2, -0.15) is 0 Å². The van der Waals surface area contributed by atoms with Gasteiger partial charge in [0.15, 0.2) is 11.0 Å². The van der Waals surface area contributed by atoms with Crippen molar-refractivity contribution in [2.45, 2.75) is 18.6 Å². The normalized spacial score (nSPS) is 11.1. The summed E-state index contributed by atoms with van der Waals surface area (Å²) < 4.78 is 4.47. The third-order valence-corrected chi connectivity index (χ3v) is 6.53. The molecule has 4 rings (SSSR count). The fourth-order valence-corrected chi connectivity index (χ4v) is 4.56. The molecule has 2 heterocycles. The highest BCUT2D eigenvalue weighted by Crippen LogP contribution is 2.20. The van der Waals surface area contributed by atoms with Crippen LogP contribution in [-0.4, -0.2) is 31.0 Å². The SMILES string of the molecule is Cc1ccccc1NC(=O)CSc1nnc(Cn2c(=O)sc3ccccc32)n1C. The number of carbonyl (C=O) groups is 1. The van der Waals surface area contributed by atoms with Crippen molar-refractivity contribution in [2.24, 2.45) is 7.05 Å². The first-order valence-electron chi connectivity index (χ1n) is 8.98. The number of hydrogen-bond acceptors (Lipinski definition) is 6. The minimum Gasteiger partial charge on any atom is -0.325 e. The first-order valence-corrected chi connectivity index (χ1v) is 10.8. The number of thiazole rings is 1. The molecular formula is C20H19N5O2S2. The molecule has 1 N–H and O–H groups in total. The fraction of sp³-hybridized carbons (Fsp3) is 0.200. The fourth-order valence-electron chi connectivity index (χ4n) is 2.94.